The van der Waals surface area contributed by atoms with E-state index in [9.17, 15) is 0 Å². The molecule has 266 valence electrons. The van der Waals surface area contributed by atoms with Crippen molar-refractivity contribution in [3.05, 3.63) is 194 Å². The Hall–Kier alpha value is -7.76. The van der Waals surface area contributed by atoms with Gasteiger partial charge in [-0.1, -0.05) is 170 Å². The summed E-state index contributed by atoms with van der Waals surface area (Å²) in [5.41, 5.74) is 9.97. The van der Waals surface area contributed by atoms with Crippen LogP contribution in [0, 0.1) is 0 Å². The van der Waals surface area contributed by atoms with E-state index in [0.29, 0.717) is 23.4 Å². The van der Waals surface area contributed by atoms with Gasteiger partial charge in [0.2, 0.25) is 5.89 Å². The lowest BCUT2D eigenvalue weighted by atomic mass is 9.93. The van der Waals surface area contributed by atoms with Crippen LogP contribution in [0.1, 0.15) is 0 Å². The highest BCUT2D eigenvalue weighted by Gasteiger charge is 2.18. The number of hydrogen-bond acceptors (Lipinski definition) is 5. The van der Waals surface area contributed by atoms with Gasteiger partial charge in [0, 0.05) is 33.0 Å². The van der Waals surface area contributed by atoms with E-state index >= 15 is 0 Å². The van der Waals surface area contributed by atoms with Gasteiger partial charge in [-0.05, 0) is 68.1 Å². The first kappa shape index (κ1) is 32.7. The van der Waals surface area contributed by atoms with Gasteiger partial charge in [0.1, 0.15) is 5.52 Å². The average Bonchev–Trinajstić information content (AvgIpc) is 3.74. The third kappa shape index (κ3) is 5.81. The van der Waals surface area contributed by atoms with Crippen molar-refractivity contribution >= 4 is 43.4 Å². The summed E-state index contributed by atoms with van der Waals surface area (Å²) in [7, 11) is 0. The number of rotatable bonds is 6. The lowest BCUT2D eigenvalue weighted by Crippen LogP contribution is -2.00. The molecule has 0 saturated carbocycles. The Morgan fingerprint density at radius 1 is 0.316 bits per heavy atom. The molecule has 0 fully saturated rings. The molecule has 2 heterocycles. The molecule has 9 aromatic carbocycles. The van der Waals surface area contributed by atoms with Crippen LogP contribution in [0.15, 0.2) is 199 Å². The molecular weight excluding hydrogens is 697 g/mol. The minimum absolute atomic E-state index is 0.607. The van der Waals surface area contributed by atoms with Gasteiger partial charge in [0.15, 0.2) is 23.1 Å². The Morgan fingerprint density at radius 2 is 0.825 bits per heavy atom. The number of hydrogen-bond donors (Lipinski definition) is 0. The predicted octanol–water partition coefficient (Wildman–Crippen LogP) is 13.5. The number of oxazole rings is 1. The molecule has 0 bridgehead atoms. The van der Waals surface area contributed by atoms with Gasteiger partial charge >= 0.3 is 0 Å². The van der Waals surface area contributed by atoms with Crippen LogP contribution in [0.3, 0.4) is 0 Å². The smallest absolute Gasteiger partial charge is 0.227 e. The third-order valence-electron chi connectivity index (χ3n) is 10.8. The first-order chi connectivity index (χ1) is 28.2. The first-order valence-electron chi connectivity index (χ1n) is 19.0. The summed E-state index contributed by atoms with van der Waals surface area (Å²) in [5, 5.41) is 6.49. The maximum atomic E-state index is 6.59. The van der Waals surface area contributed by atoms with E-state index in [1.807, 2.05) is 72.8 Å². The van der Waals surface area contributed by atoms with Crippen LogP contribution in [0.5, 0.6) is 0 Å². The standard InChI is InChI=1S/C52H32N4O/c1-4-12-33(13-5-1)40-18-10-19-41(32-40)34-22-26-38(27-23-34)50-54-49(37-14-6-2-7-15-37)55-51(56-50)44-21-11-20-43-42(44)30-28-35-24-25-36-29-31-45-48(47(36)46(35)43)57-52(53-45)39-16-8-3-9-17-39/h1-32H. The van der Waals surface area contributed by atoms with Crippen molar-refractivity contribution in [1.82, 2.24) is 19.9 Å². The molecule has 0 amide bonds. The van der Waals surface area contributed by atoms with Crippen LogP contribution in [-0.2, 0) is 0 Å². The molecule has 2 aromatic heterocycles. The quantitative estimate of drug-likeness (QED) is 0.160. The molecule has 11 rings (SSSR count). The summed E-state index contributed by atoms with van der Waals surface area (Å²) < 4.78 is 6.59. The van der Waals surface area contributed by atoms with Crippen molar-refractivity contribution in [1.29, 1.82) is 0 Å². The molecule has 0 unspecified atom stereocenters. The largest absolute Gasteiger partial charge is 0.435 e. The van der Waals surface area contributed by atoms with E-state index in [1.54, 1.807) is 0 Å². The molecule has 57 heavy (non-hydrogen) atoms. The number of fused-ring (bicyclic) bond motifs is 7. The molecule has 5 nitrogen and oxygen atoms in total. The van der Waals surface area contributed by atoms with Crippen molar-refractivity contribution in [2.24, 2.45) is 0 Å². The number of nitrogens with zero attached hydrogens (tertiary/aromatic N) is 4. The maximum Gasteiger partial charge on any atom is 0.227 e. The van der Waals surface area contributed by atoms with Crippen LogP contribution in [-0.4, -0.2) is 19.9 Å². The van der Waals surface area contributed by atoms with Gasteiger partial charge in [0.25, 0.3) is 0 Å². The highest BCUT2D eigenvalue weighted by atomic mass is 16.3. The van der Waals surface area contributed by atoms with Crippen LogP contribution in [0.25, 0.3) is 111 Å². The second-order valence-corrected chi connectivity index (χ2v) is 14.2. The van der Waals surface area contributed by atoms with Crippen molar-refractivity contribution in [2.45, 2.75) is 0 Å². The highest BCUT2D eigenvalue weighted by molar-refractivity contribution is 6.27. The van der Waals surface area contributed by atoms with Crippen molar-refractivity contribution in [3.8, 4) is 67.9 Å². The fraction of sp³-hybridized carbons (Fsp3) is 0. The second kappa shape index (κ2) is 13.5. The van der Waals surface area contributed by atoms with E-state index in [1.165, 1.54) is 11.1 Å². The topological polar surface area (TPSA) is 64.7 Å². The predicted molar refractivity (Wildman–Crippen MR) is 233 cm³/mol. The maximum absolute atomic E-state index is 6.59. The van der Waals surface area contributed by atoms with Crippen LogP contribution in [0.2, 0.25) is 0 Å². The summed E-state index contributed by atoms with van der Waals surface area (Å²) in [5.74, 6) is 2.45. The molecule has 0 aliphatic heterocycles. The lowest BCUT2D eigenvalue weighted by molar-refractivity contribution is 0.623. The normalized spacial score (nSPS) is 11.5. The van der Waals surface area contributed by atoms with Gasteiger partial charge < -0.3 is 4.42 Å². The van der Waals surface area contributed by atoms with Gasteiger partial charge in [0.05, 0.1) is 0 Å². The Kier molecular flexibility index (Phi) is 7.74. The Bertz CT molecular complexity index is 3270. The fourth-order valence-corrected chi connectivity index (χ4v) is 7.94. The third-order valence-corrected chi connectivity index (χ3v) is 10.8. The summed E-state index contributed by atoms with van der Waals surface area (Å²) in [6, 6.07) is 67.1. The molecule has 5 heteroatoms. The summed E-state index contributed by atoms with van der Waals surface area (Å²) in [6.07, 6.45) is 0. The molecule has 0 atom stereocenters. The highest BCUT2D eigenvalue weighted by Crippen LogP contribution is 2.40. The average molecular weight is 729 g/mol. The molecular formula is C52H32N4O. The zero-order chi connectivity index (χ0) is 37.7. The Labute approximate surface area is 328 Å². The van der Waals surface area contributed by atoms with Crippen LogP contribution >= 0.6 is 0 Å². The van der Waals surface area contributed by atoms with Gasteiger partial charge in [-0.25, -0.2) is 19.9 Å². The minimum atomic E-state index is 0.607. The van der Waals surface area contributed by atoms with E-state index in [-0.39, 0.29) is 0 Å². The van der Waals surface area contributed by atoms with Crippen molar-refractivity contribution < 1.29 is 4.42 Å². The van der Waals surface area contributed by atoms with Gasteiger partial charge in [-0.2, -0.15) is 0 Å². The molecule has 0 N–H and O–H groups in total. The van der Waals surface area contributed by atoms with E-state index < -0.39 is 0 Å². The van der Waals surface area contributed by atoms with Crippen LogP contribution in [0.4, 0.5) is 0 Å². The monoisotopic (exact) mass is 728 g/mol. The molecule has 0 saturated heterocycles. The minimum Gasteiger partial charge on any atom is -0.435 e. The van der Waals surface area contributed by atoms with Crippen molar-refractivity contribution in [2.75, 3.05) is 0 Å². The summed E-state index contributed by atoms with van der Waals surface area (Å²) in [6.45, 7) is 0. The number of aromatic nitrogens is 4. The lowest BCUT2D eigenvalue weighted by Gasteiger charge is -2.13. The van der Waals surface area contributed by atoms with Gasteiger partial charge in [-0.3, -0.25) is 0 Å². The fourth-order valence-electron chi connectivity index (χ4n) is 7.94. The SMILES string of the molecule is c1ccc(-c2cccc(-c3ccc(-c4nc(-c5ccccc5)nc(-c5cccc6c5ccc5ccc7ccc8nc(-c9ccccc9)oc8c7c56)n4)cc3)c2)cc1. The zero-order valence-corrected chi connectivity index (χ0v) is 30.7. The Balaban J connectivity index is 1.06. The molecule has 0 aliphatic rings. The number of benzene rings is 9. The van der Waals surface area contributed by atoms with E-state index in [0.717, 1.165) is 76.8 Å². The molecule has 0 spiro atoms. The second-order valence-electron chi connectivity index (χ2n) is 14.2. The first-order valence-corrected chi connectivity index (χ1v) is 19.0. The summed E-state index contributed by atoms with van der Waals surface area (Å²) >= 11 is 0. The van der Waals surface area contributed by atoms with Gasteiger partial charge in [-0.15, -0.1) is 0 Å². The molecule has 0 radical (unpaired) electrons. The van der Waals surface area contributed by atoms with Crippen LogP contribution < -0.4 is 0 Å². The van der Waals surface area contributed by atoms with E-state index in [4.69, 9.17) is 24.4 Å². The van der Waals surface area contributed by atoms with E-state index in [2.05, 4.69) is 121 Å². The summed E-state index contributed by atoms with van der Waals surface area (Å²) in [4.78, 5) is 20.3. The molecule has 11 aromatic rings. The molecule has 0 aliphatic carbocycles. The zero-order valence-electron chi connectivity index (χ0n) is 30.7. The Morgan fingerprint density at radius 3 is 1.53 bits per heavy atom. The van der Waals surface area contributed by atoms with Crippen molar-refractivity contribution in [3.63, 3.8) is 0 Å².